The monoisotopic (exact) mass is 268 g/mol. The van der Waals surface area contributed by atoms with Crippen LogP contribution in [0, 0.1) is 0 Å². The summed E-state index contributed by atoms with van der Waals surface area (Å²) in [6.07, 6.45) is 1.64. The van der Waals surface area contributed by atoms with Crippen LogP contribution in [-0.4, -0.2) is 10.1 Å². The van der Waals surface area contributed by atoms with Crippen molar-refractivity contribution in [3.05, 3.63) is 52.1 Å². The van der Waals surface area contributed by atoms with E-state index in [1.807, 2.05) is 0 Å². The van der Waals surface area contributed by atoms with Gasteiger partial charge in [-0.15, -0.1) is 0 Å². The van der Waals surface area contributed by atoms with Gasteiger partial charge in [0.1, 0.15) is 5.82 Å². The molecular weight excluding hydrogens is 259 g/mol. The van der Waals surface area contributed by atoms with E-state index in [-0.39, 0.29) is 6.61 Å². The molecule has 0 aliphatic heterocycles. The fourth-order valence-electron chi connectivity index (χ4n) is 1.40. The molecule has 2 N–H and O–H groups in total. The smallest absolute Gasteiger partial charge is 0.135 e. The molecule has 0 aliphatic carbocycles. The molecule has 1 heterocycles. The molecule has 3 nitrogen and oxygen atoms in total. The first-order chi connectivity index (χ1) is 8.20. The minimum absolute atomic E-state index is 0.0820. The van der Waals surface area contributed by atoms with Crippen LogP contribution in [0.4, 0.5) is 11.5 Å². The average molecular weight is 269 g/mol. The number of hydrogen-bond donors (Lipinski definition) is 2. The third-order valence-corrected chi connectivity index (χ3v) is 2.79. The molecule has 0 saturated heterocycles. The predicted octanol–water partition coefficient (Wildman–Crippen LogP) is 3.62. The summed E-state index contributed by atoms with van der Waals surface area (Å²) < 4.78 is 0. The van der Waals surface area contributed by atoms with Crippen LogP contribution in [0.2, 0.25) is 10.0 Å². The Labute approximate surface area is 109 Å². The highest BCUT2D eigenvalue weighted by atomic mass is 35.5. The molecular formula is C12H10Cl2N2O. The van der Waals surface area contributed by atoms with Gasteiger partial charge in [-0.05, 0) is 24.3 Å². The lowest BCUT2D eigenvalue weighted by molar-refractivity contribution is 0.282. The first-order valence-electron chi connectivity index (χ1n) is 4.97. The van der Waals surface area contributed by atoms with Gasteiger partial charge >= 0.3 is 0 Å². The molecule has 1 aromatic carbocycles. The van der Waals surface area contributed by atoms with E-state index in [9.17, 15) is 5.11 Å². The van der Waals surface area contributed by atoms with Gasteiger partial charge in [-0.3, -0.25) is 0 Å². The van der Waals surface area contributed by atoms with Crippen LogP contribution in [0.1, 0.15) is 5.56 Å². The Kier molecular flexibility index (Phi) is 3.84. The van der Waals surface area contributed by atoms with E-state index in [1.54, 1.807) is 36.5 Å². The summed E-state index contributed by atoms with van der Waals surface area (Å²) in [5.74, 6) is 0.583. The number of aromatic nitrogens is 1. The second-order valence-electron chi connectivity index (χ2n) is 3.42. The van der Waals surface area contributed by atoms with E-state index in [0.717, 1.165) is 0 Å². The van der Waals surface area contributed by atoms with Crippen LogP contribution in [0.3, 0.4) is 0 Å². The molecule has 0 spiro atoms. The number of hydrogen-bond acceptors (Lipinski definition) is 3. The van der Waals surface area contributed by atoms with Crippen molar-refractivity contribution in [3.63, 3.8) is 0 Å². The molecule has 1 aromatic heterocycles. The molecule has 88 valence electrons. The maximum atomic E-state index is 9.18. The quantitative estimate of drug-likeness (QED) is 0.894. The Morgan fingerprint density at radius 1 is 1.24 bits per heavy atom. The first-order valence-corrected chi connectivity index (χ1v) is 5.73. The van der Waals surface area contributed by atoms with Crippen LogP contribution in [0.15, 0.2) is 36.5 Å². The molecule has 0 fully saturated rings. The third kappa shape index (κ3) is 2.88. The van der Waals surface area contributed by atoms with Crippen molar-refractivity contribution in [1.82, 2.24) is 4.98 Å². The Morgan fingerprint density at radius 3 is 2.76 bits per heavy atom. The Morgan fingerprint density at radius 2 is 2.06 bits per heavy atom. The lowest BCUT2D eigenvalue weighted by Crippen LogP contribution is -1.99. The maximum absolute atomic E-state index is 9.18. The lowest BCUT2D eigenvalue weighted by Gasteiger charge is -2.10. The van der Waals surface area contributed by atoms with Crippen LogP contribution in [-0.2, 0) is 6.61 Å². The van der Waals surface area contributed by atoms with Gasteiger partial charge in [0, 0.05) is 16.8 Å². The number of benzene rings is 1. The van der Waals surface area contributed by atoms with Crippen molar-refractivity contribution in [2.45, 2.75) is 6.61 Å². The molecule has 2 aromatic rings. The van der Waals surface area contributed by atoms with Crippen molar-refractivity contribution >= 4 is 34.7 Å². The summed E-state index contributed by atoms with van der Waals surface area (Å²) in [5.41, 5.74) is 1.41. The van der Waals surface area contributed by atoms with E-state index >= 15 is 0 Å². The van der Waals surface area contributed by atoms with Crippen molar-refractivity contribution in [2.75, 3.05) is 5.32 Å². The van der Waals surface area contributed by atoms with Gasteiger partial charge in [0.15, 0.2) is 0 Å². The number of nitrogens with one attached hydrogen (secondary N) is 1. The minimum atomic E-state index is -0.0820. The van der Waals surface area contributed by atoms with Gasteiger partial charge in [-0.25, -0.2) is 4.98 Å². The van der Waals surface area contributed by atoms with Gasteiger partial charge < -0.3 is 10.4 Å². The number of nitrogens with zero attached hydrogens (tertiary/aromatic N) is 1. The first kappa shape index (κ1) is 12.2. The van der Waals surface area contributed by atoms with Crippen LogP contribution in [0.5, 0.6) is 0 Å². The second-order valence-corrected chi connectivity index (χ2v) is 4.26. The van der Waals surface area contributed by atoms with Gasteiger partial charge in [-0.1, -0.05) is 29.3 Å². The summed E-state index contributed by atoms with van der Waals surface area (Å²) in [6, 6.07) is 8.70. The fourth-order valence-corrected chi connectivity index (χ4v) is 1.85. The summed E-state index contributed by atoms with van der Waals surface area (Å²) >= 11 is 11.8. The number of anilines is 2. The van der Waals surface area contributed by atoms with Gasteiger partial charge in [0.25, 0.3) is 0 Å². The molecule has 0 radical (unpaired) electrons. The lowest BCUT2D eigenvalue weighted by atomic mass is 10.2. The van der Waals surface area contributed by atoms with Gasteiger partial charge in [0.05, 0.1) is 17.3 Å². The Balaban J connectivity index is 2.31. The topological polar surface area (TPSA) is 45.2 Å². The molecule has 17 heavy (non-hydrogen) atoms. The highest BCUT2D eigenvalue weighted by Crippen LogP contribution is 2.28. The Hall–Kier alpha value is -1.29. The normalized spacial score (nSPS) is 10.3. The molecule has 0 atom stereocenters. The number of aliphatic hydroxyl groups excluding tert-OH is 1. The predicted molar refractivity (Wildman–Crippen MR) is 69.9 cm³/mol. The van der Waals surface area contributed by atoms with Gasteiger partial charge in [0.2, 0.25) is 0 Å². The van der Waals surface area contributed by atoms with E-state index in [4.69, 9.17) is 23.2 Å². The summed E-state index contributed by atoms with van der Waals surface area (Å²) in [5, 5.41) is 13.3. The zero-order chi connectivity index (χ0) is 12.3. The molecule has 0 bridgehead atoms. The molecule has 0 unspecified atom stereocenters. The molecule has 0 amide bonds. The third-order valence-electron chi connectivity index (χ3n) is 2.25. The van der Waals surface area contributed by atoms with E-state index in [2.05, 4.69) is 10.3 Å². The van der Waals surface area contributed by atoms with Crippen molar-refractivity contribution < 1.29 is 5.11 Å². The average Bonchev–Trinajstić information content (AvgIpc) is 2.33. The van der Waals surface area contributed by atoms with Crippen molar-refractivity contribution in [3.8, 4) is 0 Å². The van der Waals surface area contributed by atoms with E-state index < -0.39 is 0 Å². The standard InChI is InChI=1S/C12H10Cl2N2O/c13-9-3-4-11(10(14)6-9)16-12-8(7-17)2-1-5-15-12/h1-6,17H,7H2,(H,15,16). The number of aliphatic hydroxyl groups is 1. The molecule has 0 aliphatic rings. The summed E-state index contributed by atoms with van der Waals surface area (Å²) in [6.45, 7) is -0.0820. The van der Waals surface area contributed by atoms with Gasteiger partial charge in [-0.2, -0.15) is 0 Å². The highest BCUT2D eigenvalue weighted by molar-refractivity contribution is 6.36. The van der Waals surface area contributed by atoms with Crippen LogP contribution >= 0.6 is 23.2 Å². The molecule has 0 saturated carbocycles. The molecule has 2 rings (SSSR count). The number of halogens is 2. The second kappa shape index (κ2) is 5.36. The zero-order valence-electron chi connectivity index (χ0n) is 8.82. The number of pyridine rings is 1. The Bertz CT molecular complexity index is 532. The van der Waals surface area contributed by atoms with Crippen molar-refractivity contribution in [2.24, 2.45) is 0 Å². The van der Waals surface area contributed by atoms with Crippen LogP contribution in [0.25, 0.3) is 0 Å². The summed E-state index contributed by atoms with van der Waals surface area (Å²) in [7, 11) is 0. The minimum Gasteiger partial charge on any atom is -0.392 e. The van der Waals surface area contributed by atoms with Crippen LogP contribution < -0.4 is 5.32 Å². The largest absolute Gasteiger partial charge is 0.392 e. The van der Waals surface area contributed by atoms with Crippen molar-refractivity contribution in [1.29, 1.82) is 0 Å². The SMILES string of the molecule is OCc1cccnc1Nc1ccc(Cl)cc1Cl. The zero-order valence-corrected chi connectivity index (χ0v) is 10.3. The highest BCUT2D eigenvalue weighted by Gasteiger charge is 2.05. The maximum Gasteiger partial charge on any atom is 0.135 e. The van der Waals surface area contributed by atoms with E-state index in [1.165, 1.54) is 0 Å². The fraction of sp³-hybridized carbons (Fsp3) is 0.0833. The molecule has 5 heteroatoms. The summed E-state index contributed by atoms with van der Waals surface area (Å²) in [4.78, 5) is 4.15. The van der Waals surface area contributed by atoms with E-state index in [0.29, 0.717) is 27.1 Å². The number of rotatable bonds is 3.